The van der Waals surface area contributed by atoms with Gasteiger partial charge in [-0.2, -0.15) is 5.26 Å². The van der Waals surface area contributed by atoms with Crippen LogP contribution in [0.5, 0.6) is 0 Å². The van der Waals surface area contributed by atoms with Gasteiger partial charge in [-0.25, -0.2) is 0 Å². The van der Waals surface area contributed by atoms with Crippen LogP contribution in [0.4, 0.5) is 5.69 Å². The Morgan fingerprint density at radius 1 is 1.35 bits per heavy atom. The molecule has 0 saturated heterocycles. The SMILES string of the molecule is COC(C)(C)CCOCC(=O)Nc1ccc(C#N)cc1. The van der Waals surface area contributed by atoms with Gasteiger partial charge in [0.05, 0.1) is 17.2 Å². The van der Waals surface area contributed by atoms with E-state index in [4.69, 9.17) is 14.7 Å². The van der Waals surface area contributed by atoms with Crippen LogP contribution < -0.4 is 5.32 Å². The van der Waals surface area contributed by atoms with E-state index in [0.717, 1.165) is 0 Å². The van der Waals surface area contributed by atoms with Crippen LogP contribution >= 0.6 is 0 Å². The van der Waals surface area contributed by atoms with Gasteiger partial charge in [0.25, 0.3) is 0 Å². The van der Waals surface area contributed by atoms with Gasteiger partial charge in [0.15, 0.2) is 0 Å². The van der Waals surface area contributed by atoms with E-state index in [0.29, 0.717) is 24.3 Å². The number of hydrogen-bond donors (Lipinski definition) is 1. The second kappa shape index (κ2) is 7.63. The highest BCUT2D eigenvalue weighted by molar-refractivity contribution is 5.91. The molecule has 1 aromatic carbocycles. The third-order valence-electron chi connectivity index (χ3n) is 2.93. The molecule has 0 radical (unpaired) electrons. The summed E-state index contributed by atoms with van der Waals surface area (Å²) in [6, 6.07) is 8.69. The summed E-state index contributed by atoms with van der Waals surface area (Å²) in [6.07, 6.45) is 0.716. The molecule has 1 aromatic rings. The zero-order chi connectivity index (χ0) is 15.0. The van der Waals surface area contributed by atoms with E-state index in [-0.39, 0.29) is 18.1 Å². The minimum atomic E-state index is -0.246. The first kappa shape index (κ1) is 16.2. The maximum atomic E-state index is 11.6. The van der Waals surface area contributed by atoms with Crippen molar-refractivity contribution in [2.45, 2.75) is 25.9 Å². The van der Waals surface area contributed by atoms with E-state index in [1.807, 2.05) is 19.9 Å². The molecule has 1 N–H and O–H groups in total. The van der Waals surface area contributed by atoms with Crippen molar-refractivity contribution in [1.29, 1.82) is 5.26 Å². The minimum absolute atomic E-state index is 0.000203. The Bertz CT molecular complexity index is 475. The summed E-state index contributed by atoms with van der Waals surface area (Å²) in [4.78, 5) is 11.6. The van der Waals surface area contributed by atoms with Gasteiger partial charge >= 0.3 is 0 Å². The second-order valence-electron chi connectivity index (χ2n) is 5.00. The lowest BCUT2D eigenvalue weighted by Crippen LogP contribution is -2.26. The molecule has 0 aliphatic carbocycles. The number of amides is 1. The highest BCUT2D eigenvalue weighted by Crippen LogP contribution is 2.12. The number of nitrogens with one attached hydrogen (secondary N) is 1. The molecule has 0 aliphatic rings. The molecule has 0 saturated carbocycles. The third kappa shape index (κ3) is 5.83. The number of nitriles is 1. The third-order valence-corrected chi connectivity index (χ3v) is 2.93. The number of anilines is 1. The molecule has 5 nitrogen and oxygen atoms in total. The highest BCUT2D eigenvalue weighted by atomic mass is 16.5. The fourth-order valence-electron chi connectivity index (χ4n) is 1.41. The summed E-state index contributed by atoms with van der Waals surface area (Å²) in [7, 11) is 1.65. The van der Waals surface area contributed by atoms with Crippen molar-refractivity contribution < 1.29 is 14.3 Å². The monoisotopic (exact) mass is 276 g/mol. The number of nitrogens with zero attached hydrogens (tertiary/aromatic N) is 1. The average molecular weight is 276 g/mol. The zero-order valence-electron chi connectivity index (χ0n) is 12.1. The van der Waals surface area contributed by atoms with Crippen LogP contribution in [0.25, 0.3) is 0 Å². The molecule has 1 amide bonds. The molecule has 0 spiro atoms. The molecule has 0 fully saturated rings. The molecule has 0 heterocycles. The number of rotatable bonds is 7. The van der Waals surface area contributed by atoms with Gasteiger partial charge in [0, 0.05) is 19.4 Å². The van der Waals surface area contributed by atoms with E-state index >= 15 is 0 Å². The maximum absolute atomic E-state index is 11.6. The summed E-state index contributed by atoms with van der Waals surface area (Å²) in [6.45, 7) is 4.39. The molecule has 0 bridgehead atoms. The molecule has 108 valence electrons. The number of carbonyl (C=O) groups excluding carboxylic acids is 1. The van der Waals surface area contributed by atoms with Gasteiger partial charge in [-0.15, -0.1) is 0 Å². The van der Waals surface area contributed by atoms with Crippen LogP contribution in [0, 0.1) is 11.3 Å². The molecule has 1 rings (SSSR count). The van der Waals surface area contributed by atoms with E-state index in [1.54, 1.807) is 31.4 Å². The standard InChI is InChI=1S/C15H20N2O3/c1-15(2,19-3)8-9-20-11-14(18)17-13-6-4-12(10-16)5-7-13/h4-7H,8-9,11H2,1-3H3,(H,17,18). The zero-order valence-corrected chi connectivity index (χ0v) is 12.1. The fraction of sp³-hybridized carbons (Fsp3) is 0.467. The van der Waals surface area contributed by atoms with Crippen molar-refractivity contribution in [3.05, 3.63) is 29.8 Å². The summed E-state index contributed by atoms with van der Waals surface area (Å²) >= 11 is 0. The van der Waals surface area contributed by atoms with E-state index in [9.17, 15) is 4.79 Å². The maximum Gasteiger partial charge on any atom is 0.250 e. The van der Waals surface area contributed by atoms with E-state index in [1.165, 1.54) is 0 Å². The molecular formula is C15H20N2O3. The van der Waals surface area contributed by atoms with Crippen LogP contribution in [-0.2, 0) is 14.3 Å². The predicted molar refractivity (Wildman–Crippen MR) is 76.3 cm³/mol. The summed E-state index contributed by atoms with van der Waals surface area (Å²) in [5.74, 6) is -0.218. The lowest BCUT2D eigenvalue weighted by atomic mass is 10.1. The number of carbonyl (C=O) groups is 1. The summed E-state index contributed by atoms with van der Waals surface area (Å²) in [5.41, 5.74) is 0.958. The second-order valence-corrected chi connectivity index (χ2v) is 5.00. The van der Waals surface area contributed by atoms with Crippen molar-refractivity contribution in [2.75, 3.05) is 25.6 Å². The molecular weight excluding hydrogens is 256 g/mol. The fourth-order valence-corrected chi connectivity index (χ4v) is 1.41. The molecule has 0 atom stereocenters. The lowest BCUT2D eigenvalue weighted by molar-refractivity contribution is -0.121. The van der Waals surface area contributed by atoms with E-state index < -0.39 is 0 Å². The topological polar surface area (TPSA) is 71.3 Å². The van der Waals surface area contributed by atoms with Gasteiger partial charge in [-0.05, 0) is 44.5 Å². The van der Waals surface area contributed by atoms with Crippen molar-refractivity contribution >= 4 is 11.6 Å². The Balaban J connectivity index is 2.28. The molecule has 5 heteroatoms. The Morgan fingerprint density at radius 2 is 2.00 bits per heavy atom. The quantitative estimate of drug-likeness (QED) is 0.776. The largest absolute Gasteiger partial charge is 0.379 e. The van der Waals surface area contributed by atoms with Crippen molar-refractivity contribution in [3.8, 4) is 6.07 Å². The van der Waals surface area contributed by atoms with Gasteiger partial charge in [0.2, 0.25) is 5.91 Å². The summed E-state index contributed by atoms with van der Waals surface area (Å²) in [5, 5.41) is 11.4. The van der Waals surface area contributed by atoms with Crippen molar-refractivity contribution in [1.82, 2.24) is 0 Å². The number of hydrogen-bond acceptors (Lipinski definition) is 4. The van der Waals surface area contributed by atoms with Crippen LogP contribution in [-0.4, -0.2) is 31.8 Å². The molecule has 0 unspecified atom stereocenters. The van der Waals surface area contributed by atoms with E-state index in [2.05, 4.69) is 5.32 Å². The predicted octanol–water partition coefficient (Wildman–Crippen LogP) is 2.33. The number of methoxy groups -OCH3 is 1. The normalized spacial score (nSPS) is 10.9. The van der Waals surface area contributed by atoms with Gasteiger partial charge in [-0.1, -0.05) is 0 Å². The van der Waals surface area contributed by atoms with Gasteiger partial charge < -0.3 is 14.8 Å². The van der Waals surface area contributed by atoms with Crippen LogP contribution in [0.3, 0.4) is 0 Å². The Kier molecular flexibility index (Phi) is 6.16. The van der Waals surface area contributed by atoms with Crippen molar-refractivity contribution in [3.63, 3.8) is 0 Å². The lowest BCUT2D eigenvalue weighted by Gasteiger charge is -2.22. The highest BCUT2D eigenvalue weighted by Gasteiger charge is 2.15. The summed E-state index contributed by atoms with van der Waals surface area (Å²) < 4.78 is 10.6. The van der Waals surface area contributed by atoms with Crippen LogP contribution in [0.1, 0.15) is 25.8 Å². The molecule has 0 aliphatic heterocycles. The Labute approximate surface area is 119 Å². The first-order valence-corrected chi connectivity index (χ1v) is 6.40. The van der Waals surface area contributed by atoms with Gasteiger partial charge in [-0.3, -0.25) is 4.79 Å². The molecule has 20 heavy (non-hydrogen) atoms. The molecule has 0 aromatic heterocycles. The average Bonchev–Trinajstić information content (AvgIpc) is 2.44. The van der Waals surface area contributed by atoms with Gasteiger partial charge in [0.1, 0.15) is 6.61 Å². The van der Waals surface area contributed by atoms with Crippen molar-refractivity contribution in [2.24, 2.45) is 0 Å². The first-order chi connectivity index (χ1) is 9.46. The van der Waals surface area contributed by atoms with Crippen LogP contribution in [0.2, 0.25) is 0 Å². The Hall–Kier alpha value is -1.90. The number of benzene rings is 1. The van der Waals surface area contributed by atoms with Crippen LogP contribution in [0.15, 0.2) is 24.3 Å². The minimum Gasteiger partial charge on any atom is -0.379 e. The Morgan fingerprint density at radius 3 is 2.55 bits per heavy atom. The smallest absolute Gasteiger partial charge is 0.250 e. The first-order valence-electron chi connectivity index (χ1n) is 6.40. The number of ether oxygens (including phenoxy) is 2.